The number of nitrogens with one attached hydrogen (secondary N) is 1. The second-order valence-corrected chi connectivity index (χ2v) is 6.47. The molecule has 1 heterocycles. The number of halogens is 2. The van der Waals surface area contributed by atoms with Crippen LogP contribution in [0.1, 0.15) is 6.42 Å². The van der Waals surface area contributed by atoms with E-state index in [1.807, 2.05) is 0 Å². The number of rotatable bonds is 5. The molecule has 0 saturated carbocycles. The van der Waals surface area contributed by atoms with E-state index in [1.165, 1.54) is 13.2 Å². The molecule has 2 amide bonds. The minimum atomic E-state index is -0.725. The van der Waals surface area contributed by atoms with Gasteiger partial charge in [-0.3, -0.25) is 9.59 Å². The third-order valence-electron chi connectivity index (χ3n) is 4.04. The van der Waals surface area contributed by atoms with Gasteiger partial charge in [0.1, 0.15) is 17.5 Å². The molecule has 1 atom stereocenters. The molecule has 0 bridgehead atoms. The highest BCUT2D eigenvalue weighted by molar-refractivity contribution is 6.38. The van der Waals surface area contributed by atoms with Gasteiger partial charge in [0.25, 0.3) is 5.91 Å². The van der Waals surface area contributed by atoms with E-state index in [9.17, 15) is 9.59 Å². The van der Waals surface area contributed by atoms with Crippen molar-refractivity contribution in [1.29, 1.82) is 0 Å². The van der Waals surface area contributed by atoms with Crippen molar-refractivity contribution in [3.8, 4) is 11.5 Å². The first-order chi connectivity index (χ1) is 12.4. The van der Waals surface area contributed by atoms with E-state index in [1.54, 1.807) is 37.4 Å². The summed E-state index contributed by atoms with van der Waals surface area (Å²) in [6.07, 6.45) is 0.00692. The molecule has 3 rings (SSSR count). The molecule has 2 aromatic rings. The number of carbonyl (C=O) groups is 2. The second kappa shape index (κ2) is 7.43. The summed E-state index contributed by atoms with van der Waals surface area (Å²) in [5, 5.41) is 3.72. The van der Waals surface area contributed by atoms with Crippen LogP contribution >= 0.6 is 23.2 Å². The highest BCUT2D eigenvalue weighted by Crippen LogP contribution is 2.35. The van der Waals surface area contributed by atoms with Crippen LogP contribution in [-0.2, 0) is 9.59 Å². The highest BCUT2D eigenvalue weighted by Gasteiger charge is 2.40. The number of anilines is 2. The van der Waals surface area contributed by atoms with Crippen LogP contribution in [0.25, 0.3) is 0 Å². The van der Waals surface area contributed by atoms with Gasteiger partial charge in [-0.1, -0.05) is 23.2 Å². The maximum Gasteiger partial charge on any atom is 0.256 e. The lowest BCUT2D eigenvalue weighted by molar-refractivity contribution is -0.121. The van der Waals surface area contributed by atoms with Crippen molar-refractivity contribution in [3.63, 3.8) is 0 Å². The van der Waals surface area contributed by atoms with E-state index in [0.29, 0.717) is 27.9 Å². The normalized spacial score (nSPS) is 16.8. The van der Waals surface area contributed by atoms with Gasteiger partial charge in [0, 0.05) is 11.1 Å². The number of imide groups is 1. The van der Waals surface area contributed by atoms with Crippen LogP contribution in [0.4, 0.5) is 11.4 Å². The fourth-order valence-electron chi connectivity index (χ4n) is 2.77. The predicted molar refractivity (Wildman–Crippen MR) is 101 cm³/mol. The van der Waals surface area contributed by atoms with Gasteiger partial charge in [-0.2, -0.15) is 0 Å². The third kappa shape index (κ3) is 3.43. The molecule has 136 valence electrons. The number of ether oxygens (including phenoxy) is 2. The summed E-state index contributed by atoms with van der Waals surface area (Å²) in [5.74, 6) is 0.393. The van der Waals surface area contributed by atoms with Crippen LogP contribution in [0.2, 0.25) is 10.0 Å². The van der Waals surface area contributed by atoms with E-state index in [4.69, 9.17) is 32.7 Å². The lowest BCUT2D eigenvalue weighted by Gasteiger charge is -2.18. The molecule has 1 aliphatic rings. The summed E-state index contributed by atoms with van der Waals surface area (Å²) in [5.41, 5.74) is 0.903. The maximum atomic E-state index is 12.8. The minimum Gasteiger partial charge on any atom is -0.497 e. The molecule has 0 aliphatic carbocycles. The van der Waals surface area contributed by atoms with Crippen LogP contribution < -0.4 is 19.7 Å². The van der Waals surface area contributed by atoms with Gasteiger partial charge in [0.15, 0.2) is 0 Å². The lowest BCUT2D eigenvalue weighted by Crippen LogP contribution is -2.35. The van der Waals surface area contributed by atoms with E-state index < -0.39 is 11.9 Å². The Bertz CT molecular complexity index is 872. The number of benzene rings is 2. The molecule has 1 saturated heterocycles. The smallest absolute Gasteiger partial charge is 0.256 e. The second-order valence-electron chi connectivity index (χ2n) is 5.63. The van der Waals surface area contributed by atoms with Gasteiger partial charge >= 0.3 is 0 Å². The standard InChI is InChI=1S/C18H16Cl2N2O4/c1-25-11-4-5-13(16(8-11)26-2)21-14-9-17(23)22(18(14)24)15-6-3-10(19)7-12(15)20/h3-8,14,21H,9H2,1-2H3. The Labute approximate surface area is 160 Å². The molecule has 1 fully saturated rings. The van der Waals surface area contributed by atoms with Crippen molar-refractivity contribution in [2.24, 2.45) is 0 Å². The largest absolute Gasteiger partial charge is 0.497 e. The van der Waals surface area contributed by atoms with E-state index in [-0.39, 0.29) is 17.4 Å². The summed E-state index contributed by atoms with van der Waals surface area (Å²) in [6, 6.07) is 9.06. The van der Waals surface area contributed by atoms with Crippen molar-refractivity contribution in [2.75, 3.05) is 24.4 Å². The first-order valence-corrected chi connectivity index (χ1v) is 8.50. The molecule has 0 spiro atoms. The van der Waals surface area contributed by atoms with Gasteiger partial charge in [0.2, 0.25) is 5.91 Å². The number of nitrogens with zero attached hydrogens (tertiary/aromatic N) is 1. The molecule has 8 heteroatoms. The molecule has 1 aliphatic heterocycles. The van der Waals surface area contributed by atoms with Crippen LogP contribution in [0, 0.1) is 0 Å². The average Bonchev–Trinajstić information content (AvgIpc) is 2.89. The molecule has 26 heavy (non-hydrogen) atoms. The summed E-state index contributed by atoms with van der Waals surface area (Å²) in [7, 11) is 3.07. The maximum absolute atomic E-state index is 12.8. The van der Waals surface area contributed by atoms with Gasteiger partial charge in [-0.05, 0) is 30.3 Å². The molecule has 1 N–H and O–H groups in total. The predicted octanol–water partition coefficient (Wildman–Crippen LogP) is 3.75. The minimum absolute atomic E-state index is 0.00692. The molecule has 6 nitrogen and oxygen atoms in total. The number of hydrogen-bond donors (Lipinski definition) is 1. The topological polar surface area (TPSA) is 67.9 Å². The quantitative estimate of drug-likeness (QED) is 0.781. The van der Waals surface area contributed by atoms with Gasteiger partial charge in [-0.15, -0.1) is 0 Å². The van der Waals surface area contributed by atoms with Crippen LogP contribution in [-0.4, -0.2) is 32.1 Å². The zero-order chi connectivity index (χ0) is 18.8. The molecule has 2 aromatic carbocycles. The van der Waals surface area contributed by atoms with Crippen LogP contribution in [0.5, 0.6) is 11.5 Å². The Morgan fingerprint density at radius 3 is 2.50 bits per heavy atom. The summed E-state index contributed by atoms with van der Waals surface area (Å²) in [4.78, 5) is 26.2. The van der Waals surface area contributed by atoms with E-state index in [2.05, 4.69) is 5.32 Å². The molecular formula is C18H16Cl2N2O4. The first-order valence-electron chi connectivity index (χ1n) is 7.75. The van der Waals surface area contributed by atoms with E-state index >= 15 is 0 Å². The number of carbonyl (C=O) groups excluding carboxylic acids is 2. The molecule has 0 radical (unpaired) electrons. The van der Waals surface area contributed by atoms with Gasteiger partial charge in [0.05, 0.1) is 37.0 Å². The van der Waals surface area contributed by atoms with Crippen molar-refractivity contribution in [3.05, 3.63) is 46.4 Å². The Balaban J connectivity index is 1.85. The number of hydrogen-bond acceptors (Lipinski definition) is 5. The van der Waals surface area contributed by atoms with Crippen molar-refractivity contribution < 1.29 is 19.1 Å². The lowest BCUT2D eigenvalue weighted by atomic mass is 10.2. The Morgan fingerprint density at radius 2 is 1.85 bits per heavy atom. The monoisotopic (exact) mass is 394 g/mol. The Kier molecular flexibility index (Phi) is 5.25. The average molecular weight is 395 g/mol. The Hall–Kier alpha value is -2.44. The number of amides is 2. The molecular weight excluding hydrogens is 379 g/mol. The zero-order valence-corrected chi connectivity index (χ0v) is 15.6. The summed E-state index contributed by atoms with van der Waals surface area (Å²) >= 11 is 12.0. The van der Waals surface area contributed by atoms with Gasteiger partial charge < -0.3 is 14.8 Å². The highest BCUT2D eigenvalue weighted by atomic mass is 35.5. The Morgan fingerprint density at radius 1 is 1.08 bits per heavy atom. The third-order valence-corrected chi connectivity index (χ3v) is 4.57. The summed E-state index contributed by atoms with van der Waals surface area (Å²) < 4.78 is 10.5. The van der Waals surface area contributed by atoms with Crippen molar-refractivity contribution >= 4 is 46.4 Å². The SMILES string of the molecule is COc1ccc(NC2CC(=O)N(c3ccc(Cl)cc3Cl)C2=O)c(OC)c1. The van der Waals surface area contributed by atoms with Crippen molar-refractivity contribution in [1.82, 2.24) is 0 Å². The first kappa shape index (κ1) is 18.4. The van der Waals surface area contributed by atoms with Crippen molar-refractivity contribution in [2.45, 2.75) is 12.5 Å². The molecule has 1 unspecified atom stereocenters. The van der Waals surface area contributed by atoms with E-state index in [0.717, 1.165) is 4.90 Å². The fraction of sp³-hybridized carbons (Fsp3) is 0.222. The fourth-order valence-corrected chi connectivity index (χ4v) is 3.26. The van der Waals surface area contributed by atoms with Crippen LogP contribution in [0.15, 0.2) is 36.4 Å². The number of methoxy groups -OCH3 is 2. The van der Waals surface area contributed by atoms with Crippen LogP contribution in [0.3, 0.4) is 0 Å². The van der Waals surface area contributed by atoms with Gasteiger partial charge in [-0.25, -0.2) is 4.90 Å². The summed E-state index contributed by atoms with van der Waals surface area (Å²) in [6.45, 7) is 0. The molecule has 0 aromatic heterocycles. The zero-order valence-electron chi connectivity index (χ0n) is 14.1.